The average molecular weight is 790 g/mol. The van der Waals surface area contributed by atoms with E-state index in [0.717, 1.165) is 40.7 Å². The molecule has 0 aromatic heterocycles. The summed E-state index contributed by atoms with van der Waals surface area (Å²) in [7, 11) is -3.27. The van der Waals surface area contributed by atoms with Crippen molar-refractivity contribution in [3.8, 4) is 0 Å². The lowest BCUT2D eigenvalue weighted by Crippen LogP contribution is -2.52. The Morgan fingerprint density at radius 1 is 0.843 bits per heavy atom. The van der Waals surface area contributed by atoms with Crippen LogP contribution in [0.3, 0.4) is 0 Å². The number of phosphoric acid groups is 1. The number of ketones is 1. The standard InChI is InChI=1S/C32H53FNO14PS2/c1-22(35)11-12-34(23(2)36)25-31(9)24(46-28(40-10)48-31)32(33,47-25)21-45-49(39,43-15-13-41-17-19-50-26(37)29(3,4)5)44-16-14-42-18-20-51-27(38)30(6,7)8/h11-12,24-25,28H,13-21H2,1-10H3/b12-11-/t24-,25+,28?,31+,32+/m0/s1. The van der Waals surface area contributed by atoms with Crippen LogP contribution in [0.5, 0.6) is 0 Å². The van der Waals surface area contributed by atoms with Gasteiger partial charge in [-0.15, -0.1) is 0 Å². The van der Waals surface area contributed by atoms with Gasteiger partial charge >= 0.3 is 7.82 Å². The van der Waals surface area contributed by atoms with Crippen molar-refractivity contribution in [2.24, 2.45) is 10.8 Å². The summed E-state index contributed by atoms with van der Waals surface area (Å²) in [5.74, 6) is -3.10. The lowest BCUT2D eigenvalue weighted by atomic mass is 9.95. The number of hydrogen-bond donors (Lipinski definition) is 0. The summed E-state index contributed by atoms with van der Waals surface area (Å²) in [4.78, 5) is 49.4. The van der Waals surface area contributed by atoms with E-state index in [-0.39, 0.29) is 55.7 Å². The highest BCUT2D eigenvalue weighted by Gasteiger charge is 2.71. The first-order chi connectivity index (χ1) is 23.6. The summed E-state index contributed by atoms with van der Waals surface area (Å²) in [5.41, 5.74) is -2.67. The SMILES string of the molecule is COC1O[C@H]2[C@@](C)(O1)[C@H](N(/C=C\C(C)=O)C(C)=O)O[C@]2(F)COP(=O)(OCCOCCSC(=O)C(C)(C)C)OCCOCCSC(=O)C(C)(C)C. The van der Waals surface area contributed by atoms with Gasteiger partial charge in [0.15, 0.2) is 28.3 Å². The minimum absolute atomic E-state index is 0.0117. The first kappa shape index (κ1) is 45.9. The van der Waals surface area contributed by atoms with E-state index in [1.54, 1.807) is 0 Å². The van der Waals surface area contributed by atoms with Crippen LogP contribution in [0.2, 0.25) is 0 Å². The maximum Gasteiger partial charge on any atom is 0.475 e. The molecule has 0 saturated carbocycles. The minimum atomic E-state index is -4.54. The topological polar surface area (TPSA) is 172 Å². The number of ether oxygens (including phenoxy) is 6. The third-order valence-corrected chi connectivity index (χ3v) is 11.0. The maximum atomic E-state index is 16.8. The fraction of sp³-hybridized carbons (Fsp3) is 0.812. The molecule has 0 aliphatic carbocycles. The zero-order valence-electron chi connectivity index (χ0n) is 31.1. The van der Waals surface area contributed by atoms with Gasteiger partial charge in [0, 0.05) is 42.6 Å². The van der Waals surface area contributed by atoms with Crippen molar-refractivity contribution in [1.29, 1.82) is 0 Å². The number of fused-ring (bicyclic) bond motifs is 1. The molecule has 0 N–H and O–H groups in total. The fourth-order valence-corrected chi connectivity index (χ4v) is 7.22. The van der Waals surface area contributed by atoms with Crippen LogP contribution in [0.25, 0.3) is 0 Å². The number of nitrogens with zero attached hydrogens (tertiary/aromatic N) is 1. The predicted octanol–water partition coefficient (Wildman–Crippen LogP) is 4.87. The zero-order chi connectivity index (χ0) is 38.7. The molecule has 0 spiro atoms. The number of phosphoric ester groups is 1. The minimum Gasteiger partial charge on any atom is -0.378 e. The van der Waals surface area contributed by atoms with E-state index in [1.165, 1.54) is 27.9 Å². The van der Waals surface area contributed by atoms with Gasteiger partial charge in [0.1, 0.15) is 12.2 Å². The summed E-state index contributed by atoms with van der Waals surface area (Å²) in [6.45, 7) is 12.1. The number of carbonyl (C=O) groups excluding carboxylic acids is 4. The molecule has 2 heterocycles. The second-order valence-corrected chi connectivity index (χ2v) is 17.6. The van der Waals surface area contributed by atoms with Crippen LogP contribution in [0.1, 0.15) is 62.3 Å². The lowest BCUT2D eigenvalue weighted by Gasteiger charge is -2.33. The molecule has 0 bridgehead atoms. The van der Waals surface area contributed by atoms with E-state index in [2.05, 4.69) is 0 Å². The monoisotopic (exact) mass is 789 g/mol. The second-order valence-electron chi connectivity index (χ2n) is 13.8. The number of carbonyl (C=O) groups is 4. The van der Waals surface area contributed by atoms with E-state index < -0.39 is 61.4 Å². The van der Waals surface area contributed by atoms with Gasteiger partial charge in [0.2, 0.25) is 5.91 Å². The number of amides is 1. The molecule has 0 aromatic carbocycles. The molecule has 51 heavy (non-hydrogen) atoms. The first-order valence-electron chi connectivity index (χ1n) is 16.3. The summed E-state index contributed by atoms with van der Waals surface area (Å²) < 4.78 is 80.2. The average Bonchev–Trinajstić information content (AvgIpc) is 3.48. The van der Waals surface area contributed by atoms with Crippen molar-refractivity contribution in [2.45, 2.75) is 92.6 Å². The molecule has 0 radical (unpaired) electrons. The number of hydrogen-bond acceptors (Lipinski definition) is 16. The lowest BCUT2D eigenvalue weighted by molar-refractivity contribution is -0.301. The Morgan fingerprint density at radius 2 is 1.35 bits per heavy atom. The molecule has 15 nitrogen and oxygen atoms in total. The second kappa shape index (κ2) is 19.9. The summed E-state index contributed by atoms with van der Waals surface area (Å²) >= 11 is 2.27. The molecule has 2 rings (SSSR count). The van der Waals surface area contributed by atoms with Crippen LogP contribution in [0.4, 0.5) is 4.39 Å². The molecule has 2 aliphatic rings. The fourth-order valence-electron chi connectivity index (χ4n) is 4.42. The molecule has 1 amide bonds. The van der Waals surface area contributed by atoms with Crippen LogP contribution >= 0.6 is 31.3 Å². The Balaban J connectivity index is 2.12. The quantitative estimate of drug-likeness (QED) is 0.0876. The third kappa shape index (κ3) is 14.1. The number of methoxy groups -OCH3 is 1. The maximum absolute atomic E-state index is 16.8. The first-order valence-corrected chi connectivity index (χ1v) is 19.8. The van der Waals surface area contributed by atoms with Gasteiger partial charge in [-0.05, 0) is 19.9 Å². The van der Waals surface area contributed by atoms with Crippen molar-refractivity contribution in [1.82, 2.24) is 4.90 Å². The van der Waals surface area contributed by atoms with E-state index in [4.69, 9.17) is 42.0 Å². The van der Waals surface area contributed by atoms with Gasteiger partial charge in [-0.1, -0.05) is 65.1 Å². The Hall–Kier alpha value is -1.28. The van der Waals surface area contributed by atoms with Crippen LogP contribution in [-0.4, -0.2) is 122 Å². The third-order valence-electron chi connectivity index (χ3n) is 7.11. The Labute approximate surface area is 308 Å². The van der Waals surface area contributed by atoms with Crippen LogP contribution in [-0.2, 0) is 65.7 Å². The van der Waals surface area contributed by atoms with Gasteiger partial charge in [0.25, 0.3) is 12.3 Å². The van der Waals surface area contributed by atoms with Crippen molar-refractivity contribution >= 4 is 53.3 Å². The van der Waals surface area contributed by atoms with Crippen LogP contribution in [0.15, 0.2) is 12.3 Å². The number of alkyl halides is 1. The van der Waals surface area contributed by atoms with E-state index in [1.807, 2.05) is 41.5 Å². The van der Waals surface area contributed by atoms with E-state index in [9.17, 15) is 23.7 Å². The number of thioether (sulfide) groups is 2. The number of rotatable bonds is 21. The number of halogens is 1. The van der Waals surface area contributed by atoms with Gasteiger partial charge in [-0.2, -0.15) is 0 Å². The van der Waals surface area contributed by atoms with Crippen LogP contribution in [0, 0.1) is 10.8 Å². The van der Waals surface area contributed by atoms with Gasteiger partial charge in [-0.25, -0.2) is 8.96 Å². The van der Waals surface area contributed by atoms with Gasteiger partial charge < -0.3 is 28.4 Å². The van der Waals surface area contributed by atoms with Gasteiger partial charge in [0.05, 0.1) is 39.6 Å². The molecule has 2 aliphatic heterocycles. The highest BCUT2D eigenvalue weighted by atomic mass is 32.2. The summed E-state index contributed by atoms with van der Waals surface area (Å²) in [6, 6.07) is 0. The predicted molar refractivity (Wildman–Crippen MR) is 187 cm³/mol. The molecule has 1 unspecified atom stereocenters. The zero-order valence-corrected chi connectivity index (χ0v) is 33.6. The largest absolute Gasteiger partial charge is 0.475 e. The van der Waals surface area contributed by atoms with Crippen LogP contribution < -0.4 is 0 Å². The summed E-state index contributed by atoms with van der Waals surface area (Å²) in [6.07, 6.45) is -0.809. The molecule has 2 fully saturated rings. The molecule has 0 aromatic rings. The molecule has 5 atom stereocenters. The Kier molecular flexibility index (Phi) is 17.9. The van der Waals surface area contributed by atoms with Crippen molar-refractivity contribution in [3.05, 3.63) is 12.3 Å². The summed E-state index contributed by atoms with van der Waals surface area (Å²) in [5, 5.41) is 0.0234. The molecule has 19 heteroatoms. The Bertz CT molecular complexity index is 1230. The molecule has 294 valence electrons. The smallest absolute Gasteiger partial charge is 0.378 e. The van der Waals surface area contributed by atoms with E-state index >= 15 is 4.39 Å². The normalized spacial score (nSPS) is 25.4. The van der Waals surface area contributed by atoms with Gasteiger partial charge in [-0.3, -0.25) is 37.6 Å². The van der Waals surface area contributed by atoms with E-state index in [0.29, 0.717) is 11.5 Å². The highest BCUT2D eigenvalue weighted by molar-refractivity contribution is 8.14. The van der Waals surface area contributed by atoms with Crippen molar-refractivity contribution < 1.29 is 70.1 Å². The highest BCUT2D eigenvalue weighted by Crippen LogP contribution is 2.54. The van der Waals surface area contributed by atoms with Crippen molar-refractivity contribution in [3.63, 3.8) is 0 Å². The number of allylic oxidation sites excluding steroid dienone is 1. The van der Waals surface area contributed by atoms with Crippen molar-refractivity contribution in [2.75, 3.05) is 64.9 Å². The molecular formula is C32H53FNO14PS2. The Morgan fingerprint density at radius 3 is 1.78 bits per heavy atom. The molecular weight excluding hydrogens is 736 g/mol. The molecule has 2 saturated heterocycles.